The van der Waals surface area contributed by atoms with Crippen LogP contribution >= 0.6 is 0 Å². The number of aryl methyl sites for hydroxylation is 1. The summed E-state index contributed by atoms with van der Waals surface area (Å²) in [4.78, 5) is 2.46. The third-order valence-electron chi connectivity index (χ3n) is 4.39. The monoisotopic (exact) mass is 248 g/mol. The van der Waals surface area contributed by atoms with E-state index in [0.29, 0.717) is 0 Å². The minimum atomic E-state index is 0.738. The van der Waals surface area contributed by atoms with Gasteiger partial charge < -0.3 is 9.73 Å². The summed E-state index contributed by atoms with van der Waals surface area (Å²) in [6.07, 6.45) is 5.50. The molecule has 1 heterocycles. The summed E-state index contributed by atoms with van der Waals surface area (Å²) >= 11 is 0. The standard InChI is InChI=1S/C15H24N2O/c1-11-3-7-14(18-11)10-17(2)15-8-4-12(15)9-16-13-5-6-13/h3,7,12-13,15-16H,4-6,8-10H2,1-2H3. The summed E-state index contributed by atoms with van der Waals surface area (Å²) < 4.78 is 5.66. The van der Waals surface area contributed by atoms with Gasteiger partial charge in [-0.1, -0.05) is 0 Å². The highest BCUT2D eigenvalue weighted by molar-refractivity contribution is 5.06. The van der Waals surface area contributed by atoms with E-state index in [2.05, 4.69) is 29.4 Å². The lowest BCUT2D eigenvalue weighted by molar-refractivity contribution is 0.0723. The van der Waals surface area contributed by atoms with Gasteiger partial charge in [-0.05, 0) is 64.3 Å². The van der Waals surface area contributed by atoms with E-state index >= 15 is 0 Å². The number of hydrogen-bond donors (Lipinski definition) is 1. The van der Waals surface area contributed by atoms with Crippen LogP contribution in [0, 0.1) is 12.8 Å². The zero-order valence-electron chi connectivity index (χ0n) is 11.5. The molecule has 0 bridgehead atoms. The lowest BCUT2D eigenvalue weighted by atomic mass is 9.78. The predicted octanol–water partition coefficient (Wildman–Crippen LogP) is 2.55. The van der Waals surface area contributed by atoms with Crippen molar-refractivity contribution >= 4 is 0 Å². The topological polar surface area (TPSA) is 28.4 Å². The maximum Gasteiger partial charge on any atom is 0.118 e. The first-order valence-corrected chi connectivity index (χ1v) is 7.21. The number of nitrogens with one attached hydrogen (secondary N) is 1. The van der Waals surface area contributed by atoms with E-state index in [4.69, 9.17) is 4.42 Å². The predicted molar refractivity (Wildman–Crippen MR) is 72.4 cm³/mol. The lowest BCUT2D eigenvalue weighted by Gasteiger charge is -2.42. The zero-order chi connectivity index (χ0) is 12.5. The van der Waals surface area contributed by atoms with Crippen molar-refractivity contribution in [1.82, 2.24) is 10.2 Å². The van der Waals surface area contributed by atoms with Gasteiger partial charge in [-0.2, -0.15) is 0 Å². The molecule has 2 saturated carbocycles. The molecule has 1 aromatic heterocycles. The van der Waals surface area contributed by atoms with Crippen molar-refractivity contribution < 1.29 is 4.42 Å². The molecule has 0 saturated heterocycles. The average molecular weight is 248 g/mol. The fraction of sp³-hybridized carbons (Fsp3) is 0.733. The van der Waals surface area contributed by atoms with Crippen LogP contribution in [0.4, 0.5) is 0 Å². The fourth-order valence-corrected chi connectivity index (χ4v) is 2.91. The van der Waals surface area contributed by atoms with E-state index in [1.54, 1.807) is 0 Å². The summed E-state index contributed by atoms with van der Waals surface area (Å²) in [5, 5.41) is 3.66. The van der Waals surface area contributed by atoms with Crippen LogP contribution in [-0.2, 0) is 6.54 Å². The first-order chi connectivity index (χ1) is 8.72. The molecule has 100 valence electrons. The molecule has 2 atom stereocenters. The Morgan fingerprint density at radius 1 is 1.28 bits per heavy atom. The van der Waals surface area contributed by atoms with E-state index in [9.17, 15) is 0 Å². The summed E-state index contributed by atoms with van der Waals surface area (Å²) in [6.45, 7) is 4.16. The largest absolute Gasteiger partial charge is 0.465 e. The molecule has 0 aliphatic heterocycles. The van der Waals surface area contributed by atoms with Gasteiger partial charge in [0.25, 0.3) is 0 Å². The van der Waals surface area contributed by atoms with E-state index < -0.39 is 0 Å². The molecular formula is C15H24N2O. The van der Waals surface area contributed by atoms with Gasteiger partial charge in [-0.15, -0.1) is 0 Å². The molecule has 2 aliphatic carbocycles. The van der Waals surface area contributed by atoms with E-state index in [0.717, 1.165) is 36.1 Å². The molecular weight excluding hydrogens is 224 g/mol. The number of hydrogen-bond acceptors (Lipinski definition) is 3. The first kappa shape index (κ1) is 12.2. The molecule has 2 unspecified atom stereocenters. The van der Waals surface area contributed by atoms with Crippen molar-refractivity contribution in [3.05, 3.63) is 23.7 Å². The Morgan fingerprint density at radius 3 is 2.67 bits per heavy atom. The van der Waals surface area contributed by atoms with Gasteiger partial charge in [-0.25, -0.2) is 0 Å². The average Bonchev–Trinajstić information content (AvgIpc) is 3.01. The van der Waals surface area contributed by atoms with Crippen LogP contribution in [0.1, 0.15) is 37.2 Å². The summed E-state index contributed by atoms with van der Waals surface area (Å²) in [5.74, 6) is 2.95. The van der Waals surface area contributed by atoms with Crippen molar-refractivity contribution in [2.24, 2.45) is 5.92 Å². The van der Waals surface area contributed by atoms with Crippen LogP contribution < -0.4 is 5.32 Å². The Labute approximate surface area is 110 Å². The summed E-state index contributed by atoms with van der Waals surface area (Å²) in [6, 6.07) is 5.73. The van der Waals surface area contributed by atoms with E-state index in [1.807, 2.05) is 6.92 Å². The molecule has 0 radical (unpaired) electrons. The molecule has 3 rings (SSSR count). The summed E-state index contributed by atoms with van der Waals surface area (Å²) in [7, 11) is 2.23. The molecule has 2 fully saturated rings. The Bertz CT molecular complexity index is 397. The Morgan fingerprint density at radius 2 is 2.11 bits per heavy atom. The second kappa shape index (κ2) is 5.06. The number of rotatable bonds is 6. The molecule has 18 heavy (non-hydrogen) atoms. The van der Waals surface area contributed by atoms with Crippen molar-refractivity contribution in [2.45, 2.75) is 51.2 Å². The maximum atomic E-state index is 5.66. The van der Waals surface area contributed by atoms with Gasteiger partial charge in [0.2, 0.25) is 0 Å². The van der Waals surface area contributed by atoms with Gasteiger partial charge in [0.15, 0.2) is 0 Å². The summed E-state index contributed by atoms with van der Waals surface area (Å²) in [5.41, 5.74) is 0. The highest BCUT2D eigenvalue weighted by Gasteiger charge is 2.35. The maximum absolute atomic E-state index is 5.66. The van der Waals surface area contributed by atoms with Crippen molar-refractivity contribution in [3.63, 3.8) is 0 Å². The smallest absolute Gasteiger partial charge is 0.118 e. The van der Waals surface area contributed by atoms with Crippen LogP contribution in [0.25, 0.3) is 0 Å². The van der Waals surface area contributed by atoms with Crippen LogP contribution in [0.2, 0.25) is 0 Å². The molecule has 2 aliphatic rings. The van der Waals surface area contributed by atoms with Crippen LogP contribution in [-0.4, -0.2) is 30.6 Å². The van der Waals surface area contributed by atoms with Crippen molar-refractivity contribution in [1.29, 1.82) is 0 Å². The van der Waals surface area contributed by atoms with Crippen molar-refractivity contribution in [2.75, 3.05) is 13.6 Å². The molecule has 0 aromatic carbocycles. The molecule has 3 nitrogen and oxygen atoms in total. The van der Waals surface area contributed by atoms with Gasteiger partial charge in [0, 0.05) is 12.1 Å². The molecule has 0 amide bonds. The van der Waals surface area contributed by atoms with E-state index in [1.165, 1.54) is 32.2 Å². The SMILES string of the molecule is Cc1ccc(CN(C)C2CCC2CNC2CC2)o1. The number of nitrogens with zero attached hydrogens (tertiary/aromatic N) is 1. The minimum absolute atomic E-state index is 0.738. The molecule has 1 N–H and O–H groups in total. The second-order valence-corrected chi connectivity index (χ2v) is 6.01. The highest BCUT2D eigenvalue weighted by atomic mass is 16.3. The van der Waals surface area contributed by atoms with Gasteiger partial charge in [0.1, 0.15) is 11.5 Å². The first-order valence-electron chi connectivity index (χ1n) is 7.21. The Kier molecular flexibility index (Phi) is 3.44. The molecule has 0 spiro atoms. The Balaban J connectivity index is 1.47. The fourth-order valence-electron chi connectivity index (χ4n) is 2.91. The van der Waals surface area contributed by atoms with Gasteiger partial charge in [0.05, 0.1) is 6.54 Å². The van der Waals surface area contributed by atoms with E-state index in [-0.39, 0.29) is 0 Å². The third kappa shape index (κ3) is 2.78. The van der Waals surface area contributed by atoms with Gasteiger partial charge in [-0.3, -0.25) is 4.90 Å². The van der Waals surface area contributed by atoms with Crippen LogP contribution in [0.3, 0.4) is 0 Å². The second-order valence-electron chi connectivity index (χ2n) is 6.01. The zero-order valence-corrected chi connectivity index (χ0v) is 11.5. The van der Waals surface area contributed by atoms with Gasteiger partial charge >= 0.3 is 0 Å². The van der Waals surface area contributed by atoms with Crippen LogP contribution in [0.15, 0.2) is 16.5 Å². The lowest BCUT2D eigenvalue weighted by Crippen LogP contribution is -2.48. The number of furan rings is 1. The Hall–Kier alpha value is -0.800. The van der Waals surface area contributed by atoms with Crippen molar-refractivity contribution in [3.8, 4) is 0 Å². The van der Waals surface area contributed by atoms with Crippen LogP contribution in [0.5, 0.6) is 0 Å². The molecule has 1 aromatic rings. The molecule has 3 heteroatoms. The minimum Gasteiger partial charge on any atom is -0.465 e. The third-order valence-corrected chi connectivity index (χ3v) is 4.39. The normalized spacial score (nSPS) is 27.5. The quantitative estimate of drug-likeness (QED) is 0.838. The highest BCUT2D eigenvalue weighted by Crippen LogP contribution is 2.32.